The SMILES string of the molecule is O=C(CCc1ncc(-c2cccc(Br)c2)o1)Nc1ccc(F)c(Cl)c1. The summed E-state index contributed by atoms with van der Waals surface area (Å²) < 4.78 is 19.7. The predicted octanol–water partition coefficient (Wildman–Crippen LogP) is 5.47. The van der Waals surface area contributed by atoms with Crippen LogP contribution >= 0.6 is 27.5 Å². The highest BCUT2D eigenvalue weighted by atomic mass is 79.9. The summed E-state index contributed by atoms with van der Waals surface area (Å²) in [4.78, 5) is 16.2. The average molecular weight is 424 g/mol. The lowest BCUT2D eigenvalue weighted by atomic mass is 10.2. The van der Waals surface area contributed by atoms with E-state index in [0.29, 0.717) is 23.8 Å². The molecule has 0 saturated heterocycles. The molecule has 3 rings (SSSR count). The number of oxazole rings is 1. The van der Waals surface area contributed by atoms with Crippen LogP contribution in [0, 0.1) is 5.82 Å². The summed E-state index contributed by atoms with van der Waals surface area (Å²) >= 11 is 9.10. The van der Waals surface area contributed by atoms with E-state index in [4.69, 9.17) is 16.0 Å². The van der Waals surface area contributed by atoms with Gasteiger partial charge >= 0.3 is 0 Å². The lowest BCUT2D eigenvalue weighted by molar-refractivity contribution is -0.116. The number of aromatic nitrogens is 1. The minimum absolute atomic E-state index is 0.0378. The molecular formula is C18H13BrClFN2O2. The van der Waals surface area contributed by atoms with Crippen LogP contribution in [0.15, 0.2) is 57.6 Å². The smallest absolute Gasteiger partial charge is 0.224 e. The Balaban J connectivity index is 1.58. The standard InChI is InChI=1S/C18H13BrClFN2O2/c19-12-3-1-2-11(8-12)16-10-22-18(25-16)7-6-17(24)23-13-4-5-15(21)14(20)9-13/h1-5,8-10H,6-7H2,(H,23,24). The van der Waals surface area contributed by atoms with Gasteiger partial charge in [0, 0.05) is 28.6 Å². The molecule has 1 N–H and O–H groups in total. The summed E-state index contributed by atoms with van der Waals surface area (Å²) in [5.41, 5.74) is 1.34. The largest absolute Gasteiger partial charge is 0.441 e. The summed E-state index contributed by atoms with van der Waals surface area (Å²) in [5, 5.41) is 2.62. The number of rotatable bonds is 5. The van der Waals surface area contributed by atoms with Crippen LogP contribution in [0.1, 0.15) is 12.3 Å². The van der Waals surface area contributed by atoms with Crippen LogP contribution in [0.4, 0.5) is 10.1 Å². The van der Waals surface area contributed by atoms with Gasteiger partial charge in [-0.2, -0.15) is 0 Å². The topological polar surface area (TPSA) is 55.1 Å². The molecule has 1 aromatic heterocycles. The number of hydrogen-bond acceptors (Lipinski definition) is 3. The number of halogens is 3. The van der Waals surface area contributed by atoms with Crippen molar-refractivity contribution in [1.82, 2.24) is 4.98 Å². The Bertz CT molecular complexity index is 914. The lowest BCUT2D eigenvalue weighted by Gasteiger charge is -2.05. The van der Waals surface area contributed by atoms with Crippen molar-refractivity contribution in [2.45, 2.75) is 12.8 Å². The van der Waals surface area contributed by atoms with E-state index in [1.54, 1.807) is 6.20 Å². The molecule has 4 nitrogen and oxygen atoms in total. The summed E-state index contributed by atoms with van der Waals surface area (Å²) in [7, 11) is 0. The van der Waals surface area contributed by atoms with Crippen molar-refractivity contribution in [2.24, 2.45) is 0 Å². The molecule has 0 aliphatic rings. The molecule has 0 aliphatic carbocycles. The van der Waals surface area contributed by atoms with Gasteiger partial charge in [0.2, 0.25) is 5.91 Å². The molecular weight excluding hydrogens is 411 g/mol. The number of aryl methyl sites for hydroxylation is 1. The molecule has 0 radical (unpaired) electrons. The van der Waals surface area contributed by atoms with E-state index in [1.807, 2.05) is 24.3 Å². The van der Waals surface area contributed by atoms with Gasteiger partial charge in [-0.25, -0.2) is 9.37 Å². The van der Waals surface area contributed by atoms with Gasteiger partial charge in [0.15, 0.2) is 11.7 Å². The third-order valence-electron chi connectivity index (χ3n) is 3.43. The molecule has 25 heavy (non-hydrogen) atoms. The van der Waals surface area contributed by atoms with Gasteiger partial charge in [-0.15, -0.1) is 0 Å². The van der Waals surface area contributed by atoms with E-state index in [2.05, 4.69) is 26.2 Å². The van der Waals surface area contributed by atoms with Gasteiger partial charge < -0.3 is 9.73 Å². The summed E-state index contributed by atoms with van der Waals surface area (Å²) in [6.45, 7) is 0. The number of carbonyl (C=O) groups excluding carboxylic acids is 1. The molecule has 0 bridgehead atoms. The van der Waals surface area contributed by atoms with Gasteiger partial charge in [0.05, 0.1) is 11.2 Å². The van der Waals surface area contributed by atoms with E-state index in [0.717, 1.165) is 10.0 Å². The van der Waals surface area contributed by atoms with Gasteiger partial charge in [-0.1, -0.05) is 39.7 Å². The van der Waals surface area contributed by atoms with Gasteiger partial charge in [0.1, 0.15) is 5.82 Å². The van der Waals surface area contributed by atoms with Gasteiger partial charge in [-0.05, 0) is 30.3 Å². The molecule has 7 heteroatoms. The number of hydrogen-bond donors (Lipinski definition) is 1. The van der Waals surface area contributed by atoms with Crippen LogP contribution in [0.3, 0.4) is 0 Å². The number of nitrogens with zero attached hydrogens (tertiary/aromatic N) is 1. The summed E-state index contributed by atoms with van der Waals surface area (Å²) in [6.07, 6.45) is 2.18. The zero-order valence-corrected chi connectivity index (χ0v) is 15.3. The van der Waals surface area contributed by atoms with E-state index in [-0.39, 0.29) is 17.4 Å². The maximum atomic E-state index is 13.1. The second-order valence-corrected chi connectivity index (χ2v) is 6.63. The second-order valence-electron chi connectivity index (χ2n) is 5.31. The number of benzene rings is 2. The zero-order chi connectivity index (χ0) is 17.8. The third-order valence-corrected chi connectivity index (χ3v) is 4.21. The zero-order valence-electron chi connectivity index (χ0n) is 12.9. The molecule has 0 spiro atoms. The van der Waals surface area contributed by atoms with Crippen molar-refractivity contribution in [3.63, 3.8) is 0 Å². The minimum atomic E-state index is -0.528. The minimum Gasteiger partial charge on any atom is -0.441 e. The average Bonchev–Trinajstić information content (AvgIpc) is 3.05. The quantitative estimate of drug-likeness (QED) is 0.592. The molecule has 1 amide bonds. The monoisotopic (exact) mass is 422 g/mol. The maximum absolute atomic E-state index is 13.1. The fraction of sp³-hybridized carbons (Fsp3) is 0.111. The number of nitrogens with one attached hydrogen (secondary N) is 1. The number of carbonyl (C=O) groups is 1. The first-order valence-electron chi connectivity index (χ1n) is 7.47. The van der Waals surface area contributed by atoms with Crippen LogP contribution in [-0.2, 0) is 11.2 Å². The lowest BCUT2D eigenvalue weighted by Crippen LogP contribution is -2.12. The van der Waals surface area contributed by atoms with E-state index >= 15 is 0 Å². The van der Waals surface area contributed by atoms with Crippen LogP contribution in [0.5, 0.6) is 0 Å². The van der Waals surface area contributed by atoms with Crippen LogP contribution in [-0.4, -0.2) is 10.9 Å². The number of amides is 1. The molecule has 0 fully saturated rings. The van der Waals surface area contributed by atoms with Crippen LogP contribution in [0.2, 0.25) is 5.02 Å². The Morgan fingerprint density at radius 2 is 2.12 bits per heavy atom. The molecule has 128 valence electrons. The molecule has 0 unspecified atom stereocenters. The van der Waals surface area contributed by atoms with Crippen molar-refractivity contribution < 1.29 is 13.6 Å². The van der Waals surface area contributed by atoms with Crippen molar-refractivity contribution in [1.29, 1.82) is 0 Å². The van der Waals surface area contributed by atoms with Crippen molar-refractivity contribution in [3.8, 4) is 11.3 Å². The summed E-state index contributed by atoms with van der Waals surface area (Å²) in [5.74, 6) is 0.355. The van der Waals surface area contributed by atoms with E-state index in [9.17, 15) is 9.18 Å². The predicted molar refractivity (Wildman–Crippen MR) is 98.0 cm³/mol. The Labute approximate surface area is 157 Å². The number of anilines is 1. The highest BCUT2D eigenvalue weighted by Crippen LogP contribution is 2.24. The Morgan fingerprint density at radius 1 is 1.28 bits per heavy atom. The Morgan fingerprint density at radius 3 is 2.88 bits per heavy atom. The Hall–Kier alpha value is -2.18. The molecule has 0 aliphatic heterocycles. The third kappa shape index (κ3) is 4.67. The van der Waals surface area contributed by atoms with Gasteiger partial charge in [-0.3, -0.25) is 4.79 Å². The highest BCUT2D eigenvalue weighted by Gasteiger charge is 2.10. The molecule has 0 saturated carbocycles. The first-order chi connectivity index (χ1) is 12.0. The molecule has 2 aromatic carbocycles. The van der Waals surface area contributed by atoms with Crippen molar-refractivity contribution in [2.75, 3.05) is 5.32 Å². The van der Waals surface area contributed by atoms with E-state index < -0.39 is 5.82 Å². The second kappa shape index (κ2) is 7.80. The normalized spacial score (nSPS) is 10.7. The maximum Gasteiger partial charge on any atom is 0.224 e. The van der Waals surface area contributed by atoms with Crippen molar-refractivity contribution >= 4 is 39.1 Å². The summed E-state index contributed by atoms with van der Waals surface area (Å²) in [6, 6.07) is 11.7. The fourth-order valence-corrected chi connectivity index (χ4v) is 2.80. The molecule has 1 heterocycles. The molecule has 0 atom stereocenters. The van der Waals surface area contributed by atoms with Gasteiger partial charge in [0.25, 0.3) is 0 Å². The highest BCUT2D eigenvalue weighted by molar-refractivity contribution is 9.10. The Kier molecular flexibility index (Phi) is 5.50. The fourth-order valence-electron chi connectivity index (χ4n) is 2.22. The first kappa shape index (κ1) is 17.6. The van der Waals surface area contributed by atoms with Crippen molar-refractivity contribution in [3.05, 3.63) is 69.9 Å². The first-order valence-corrected chi connectivity index (χ1v) is 8.64. The van der Waals surface area contributed by atoms with E-state index in [1.165, 1.54) is 18.2 Å². The van der Waals surface area contributed by atoms with Crippen LogP contribution < -0.4 is 5.32 Å². The molecule has 3 aromatic rings. The van der Waals surface area contributed by atoms with Crippen LogP contribution in [0.25, 0.3) is 11.3 Å².